The number of aliphatic hydroxyl groups excluding tert-OH is 1. The first kappa shape index (κ1) is 28.3. The van der Waals surface area contributed by atoms with Gasteiger partial charge in [0.2, 0.25) is 11.8 Å². The molecular weight excluding hydrogens is 646 g/mol. The summed E-state index contributed by atoms with van der Waals surface area (Å²) < 4.78 is 16.5. The van der Waals surface area contributed by atoms with Crippen molar-refractivity contribution in [3.63, 3.8) is 0 Å². The van der Waals surface area contributed by atoms with E-state index < -0.39 is 28.7 Å². The zero-order chi connectivity index (χ0) is 28.4. The van der Waals surface area contributed by atoms with Crippen LogP contribution in [0.1, 0.15) is 82.3 Å². The fourth-order valence-electron chi connectivity index (χ4n) is 7.80. The monoisotopic (exact) mass is 680 g/mol. The summed E-state index contributed by atoms with van der Waals surface area (Å²) in [5.41, 5.74) is -0.980. The van der Waals surface area contributed by atoms with Crippen molar-refractivity contribution in [2.24, 2.45) is 5.41 Å². The number of aromatic nitrogens is 1. The van der Waals surface area contributed by atoms with E-state index in [1.54, 1.807) is 24.3 Å². The Morgan fingerprint density at radius 2 is 1.82 bits per heavy atom. The second-order valence-electron chi connectivity index (χ2n) is 12.8. The lowest BCUT2D eigenvalue weighted by atomic mass is 9.53. The summed E-state index contributed by atoms with van der Waals surface area (Å²) >= 11 is 8.23. The van der Waals surface area contributed by atoms with Crippen LogP contribution in [0.4, 0.5) is 10.2 Å². The molecule has 40 heavy (non-hydrogen) atoms. The molecule has 1 saturated heterocycles. The van der Waals surface area contributed by atoms with Crippen LogP contribution >= 0.6 is 34.2 Å². The highest BCUT2D eigenvalue weighted by Crippen LogP contribution is 2.63. The van der Waals surface area contributed by atoms with Gasteiger partial charge in [-0.1, -0.05) is 43.6 Å². The third kappa shape index (κ3) is 4.37. The third-order valence-corrected chi connectivity index (χ3v) is 11.0. The number of aliphatic hydroxyl groups is 1. The van der Waals surface area contributed by atoms with E-state index in [0.29, 0.717) is 59.0 Å². The fourth-order valence-corrected chi connectivity index (χ4v) is 8.46. The molecule has 2 amide bonds. The molecule has 2 aliphatic carbocycles. The quantitative estimate of drug-likeness (QED) is 0.264. The third-order valence-electron chi connectivity index (χ3n) is 9.96. The number of hydrogen-bond donors (Lipinski definition) is 4. The van der Waals surface area contributed by atoms with E-state index in [1.807, 2.05) is 28.7 Å². The number of nitrogens with zero attached hydrogens (tertiary/aromatic N) is 1. The predicted octanol–water partition coefficient (Wildman–Crippen LogP) is 5.18. The van der Waals surface area contributed by atoms with Crippen LogP contribution in [0.15, 0.2) is 30.3 Å². The lowest BCUT2D eigenvalue weighted by molar-refractivity contribution is -0.125. The maximum Gasteiger partial charge on any atom is 0.238 e. The number of halogens is 3. The largest absolute Gasteiger partial charge is 0.393 e. The summed E-state index contributed by atoms with van der Waals surface area (Å²) in [5.74, 6) is -1.37. The molecule has 4 aliphatic rings. The summed E-state index contributed by atoms with van der Waals surface area (Å²) in [6.45, 7) is 4.45. The molecule has 3 atom stereocenters. The molecule has 1 aromatic heterocycles. The highest BCUT2D eigenvalue weighted by atomic mass is 127. The van der Waals surface area contributed by atoms with Crippen LogP contribution in [0.2, 0.25) is 5.15 Å². The Balaban J connectivity index is 1.54. The SMILES string of the molecule is CC1(C)CCC2(CC1)N[C@@H](C(=O)NC1CCC(O)CC1)[C@H](c1cccc(I)c1F)[C@]21C(=O)Nc2nc(Cl)ccc21. The Kier molecular flexibility index (Phi) is 7.20. The number of nitrogens with one attached hydrogen (secondary N) is 3. The van der Waals surface area contributed by atoms with Gasteiger partial charge in [0.15, 0.2) is 0 Å². The lowest BCUT2D eigenvalue weighted by Gasteiger charge is -2.50. The Morgan fingerprint density at radius 3 is 2.52 bits per heavy atom. The molecule has 3 heterocycles. The average Bonchev–Trinajstić information content (AvgIpc) is 3.37. The molecule has 0 bridgehead atoms. The number of hydrogen-bond acceptors (Lipinski definition) is 5. The van der Waals surface area contributed by atoms with Gasteiger partial charge < -0.3 is 15.7 Å². The van der Waals surface area contributed by atoms with Gasteiger partial charge in [0.25, 0.3) is 0 Å². The molecule has 2 aliphatic heterocycles. The minimum atomic E-state index is -1.27. The first-order valence-corrected chi connectivity index (χ1v) is 15.6. The molecular formula is C30H35ClFIN4O3. The topological polar surface area (TPSA) is 103 Å². The number of amides is 2. The molecule has 0 unspecified atom stereocenters. The normalized spacial score (nSPS) is 32.2. The first-order chi connectivity index (χ1) is 19.0. The lowest BCUT2D eigenvalue weighted by Crippen LogP contribution is -2.61. The van der Waals surface area contributed by atoms with Gasteiger partial charge in [-0.25, -0.2) is 9.37 Å². The van der Waals surface area contributed by atoms with E-state index in [-0.39, 0.29) is 34.5 Å². The predicted molar refractivity (Wildman–Crippen MR) is 160 cm³/mol. The molecule has 2 saturated carbocycles. The Hall–Kier alpha value is -1.82. The van der Waals surface area contributed by atoms with Gasteiger partial charge in [0.1, 0.15) is 22.2 Å². The van der Waals surface area contributed by atoms with E-state index in [9.17, 15) is 14.7 Å². The summed E-state index contributed by atoms with van der Waals surface area (Å²) in [6, 6.07) is 7.76. The summed E-state index contributed by atoms with van der Waals surface area (Å²) in [7, 11) is 0. The fraction of sp³-hybridized carbons (Fsp3) is 0.567. The van der Waals surface area contributed by atoms with Crippen LogP contribution in [0.25, 0.3) is 0 Å². The van der Waals surface area contributed by atoms with Crippen molar-refractivity contribution in [1.29, 1.82) is 0 Å². The zero-order valence-electron chi connectivity index (χ0n) is 22.7. The van der Waals surface area contributed by atoms with Gasteiger partial charge in [-0.05, 0) is 97.1 Å². The molecule has 0 radical (unpaired) electrons. The van der Waals surface area contributed by atoms with E-state index in [4.69, 9.17) is 11.6 Å². The second-order valence-corrected chi connectivity index (χ2v) is 14.3. The van der Waals surface area contributed by atoms with E-state index in [0.717, 1.165) is 12.8 Å². The van der Waals surface area contributed by atoms with Gasteiger partial charge >= 0.3 is 0 Å². The first-order valence-electron chi connectivity index (χ1n) is 14.2. The number of pyridine rings is 1. The smallest absolute Gasteiger partial charge is 0.238 e. The molecule has 7 nitrogen and oxygen atoms in total. The minimum Gasteiger partial charge on any atom is -0.393 e. The van der Waals surface area contributed by atoms with Crippen molar-refractivity contribution < 1.29 is 19.1 Å². The highest BCUT2D eigenvalue weighted by Gasteiger charge is 2.73. The molecule has 214 valence electrons. The van der Waals surface area contributed by atoms with Crippen LogP contribution in [0, 0.1) is 14.8 Å². The maximum absolute atomic E-state index is 16.1. The molecule has 10 heteroatoms. The molecule has 1 aromatic carbocycles. The summed E-state index contributed by atoms with van der Waals surface area (Å²) in [5, 5.41) is 20.1. The number of rotatable bonds is 3. The van der Waals surface area contributed by atoms with E-state index >= 15 is 4.39 Å². The molecule has 3 fully saturated rings. The van der Waals surface area contributed by atoms with Gasteiger partial charge in [-0.3, -0.25) is 14.9 Å². The number of benzene rings is 1. The van der Waals surface area contributed by atoms with Crippen LogP contribution < -0.4 is 16.0 Å². The van der Waals surface area contributed by atoms with E-state index in [1.165, 1.54) is 0 Å². The Labute approximate surface area is 252 Å². The number of carbonyl (C=O) groups is 2. The minimum absolute atomic E-state index is 0.0798. The number of anilines is 1. The number of fused-ring (bicyclic) bond motifs is 3. The standard InChI is InChI=1S/C30H35ClFIN4O3/c1-28(2)12-14-29(15-13-28)30(19-10-11-21(31)35-25(19)36-27(30)40)22(18-4-3-5-20(33)23(18)32)24(37-29)26(39)34-16-6-8-17(38)9-7-16/h3-5,10-11,16-17,22,24,37-38H,6-9,12-15H2,1-2H3,(H,34,39)(H,35,36,40)/t16?,17?,22-,24+,30+/m0/s1. The second kappa shape index (κ2) is 10.2. The zero-order valence-corrected chi connectivity index (χ0v) is 25.6. The van der Waals surface area contributed by atoms with Gasteiger partial charge in [0, 0.05) is 26.6 Å². The molecule has 2 aromatic rings. The Morgan fingerprint density at radius 1 is 1.12 bits per heavy atom. The summed E-state index contributed by atoms with van der Waals surface area (Å²) in [6.07, 6.45) is 5.26. The molecule has 4 N–H and O–H groups in total. The number of carbonyl (C=O) groups excluding carboxylic acids is 2. The van der Waals surface area contributed by atoms with Crippen LogP contribution in [0.3, 0.4) is 0 Å². The highest BCUT2D eigenvalue weighted by molar-refractivity contribution is 14.1. The Bertz CT molecular complexity index is 1350. The van der Waals surface area contributed by atoms with Crippen LogP contribution in [-0.4, -0.2) is 45.6 Å². The van der Waals surface area contributed by atoms with Crippen molar-refractivity contribution in [2.75, 3.05) is 5.32 Å². The van der Waals surface area contributed by atoms with Gasteiger partial charge in [-0.2, -0.15) is 0 Å². The van der Waals surface area contributed by atoms with Crippen LogP contribution in [-0.2, 0) is 15.0 Å². The average molecular weight is 681 g/mol. The van der Waals surface area contributed by atoms with Crippen LogP contribution in [0.5, 0.6) is 0 Å². The summed E-state index contributed by atoms with van der Waals surface area (Å²) in [4.78, 5) is 33.1. The van der Waals surface area contributed by atoms with Crippen molar-refractivity contribution in [3.8, 4) is 0 Å². The maximum atomic E-state index is 16.1. The molecule has 2 spiro atoms. The van der Waals surface area contributed by atoms with Crippen molar-refractivity contribution in [1.82, 2.24) is 15.6 Å². The van der Waals surface area contributed by atoms with E-state index in [2.05, 4.69) is 34.8 Å². The van der Waals surface area contributed by atoms with Crippen molar-refractivity contribution in [3.05, 3.63) is 56.0 Å². The van der Waals surface area contributed by atoms with Crippen molar-refractivity contribution >= 4 is 51.8 Å². The van der Waals surface area contributed by atoms with Crippen molar-refractivity contribution in [2.45, 2.75) is 100 Å². The molecule has 6 rings (SSSR count). The van der Waals surface area contributed by atoms with Gasteiger partial charge in [0.05, 0.1) is 12.1 Å². The van der Waals surface area contributed by atoms with Gasteiger partial charge in [-0.15, -0.1) is 0 Å².